The summed E-state index contributed by atoms with van der Waals surface area (Å²) >= 11 is 5.97. The molecular weight excluding hydrogens is 500 g/mol. The van der Waals surface area contributed by atoms with E-state index in [-0.39, 0.29) is 23.3 Å². The minimum Gasteiger partial charge on any atom is -0.395 e. The number of alkyl halides is 2. The molecule has 2 aliphatic heterocycles. The molecule has 2 aromatic rings. The standard InChI is InChI=1S/C24H24ClF2N3O6/c1-5-34-23(4,33)20-19(12(2)14-8-9-28-18(25)11-14)21(31)30(20)22(32)29-13(3)15-6-7-16-17(10-15)36-24(26,27)35-16/h6-11,13,19-20,33H,2,5H2,1,3-4H3,(H,29,32)/t13-,19-,20+,23?/m1/s1. The summed E-state index contributed by atoms with van der Waals surface area (Å²) in [6.45, 7) is 8.73. The number of urea groups is 1. The first-order valence-corrected chi connectivity index (χ1v) is 11.4. The highest BCUT2D eigenvalue weighted by atomic mass is 35.5. The van der Waals surface area contributed by atoms with E-state index < -0.39 is 42.0 Å². The number of nitrogens with one attached hydrogen (secondary N) is 1. The van der Waals surface area contributed by atoms with Crippen molar-refractivity contribution in [2.75, 3.05) is 6.61 Å². The van der Waals surface area contributed by atoms with Crippen molar-refractivity contribution in [1.82, 2.24) is 15.2 Å². The van der Waals surface area contributed by atoms with Crippen molar-refractivity contribution >= 4 is 29.1 Å². The molecule has 9 nitrogen and oxygen atoms in total. The fraction of sp³-hybridized carbons (Fsp3) is 0.375. The van der Waals surface area contributed by atoms with Crippen molar-refractivity contribution in [2.45, 2.75) is 44.9 Å². The number of imide groups is 1. The van der Waals surface area contributed by atoms with Crippen molar-refractivity contribution in [3.63, 3.8) is 0 Å². The average molecular weight is 524 g/mol. The van der Waals surface area contributed by atoms with Crippen LogP contribution in [-0.2, 0) is 9.53 Å². The van der Waals surface area contributed by atoms with Gasteiger partial charge in [0, 0.05) is 12.8 Å². The second-order valence-electron chi connectivity index (χ2n) is 8.56. The van der Waals surface area contributed by atoms with Crippen molar-refractivity contribution in [1.29, 1.82) is 0 Å². The Balaban J connectivity index is 1.55. The predicted molar refractivity (Wildman–Crippen MR) is 124 cm³/mol. The fourth-order valence-electron chi connectivity index (χ4n) is 4.34. The zero-order chi connectivity index (χ0) is 26.4. The molecule has 0 spiro atoms. The van der Waals surface area contributed by atoms with Crippen LogP contribution in [0.4, 0.5) is 13.6 Å². The largest absolute Gasteiger partial charge is 0.586 e. The number of likely N-dealkylation sites (tertiary alicyclic amines) is 1. The number of rotatable bonds is 7. The molecule has 2 N–H and O–H groups in total. The molecule has 3 amide bonds. The van der Waals surface area contributed by atoms with E-state index in [4.69, 9.17) is 16.3 Å². The zero-order valence-electron chi connectivity index (χ0n) is 19.6. The van der Waals surface area contributed by atoms with E-state index in [9.17, 15) is 23.5 Å². The van der Waals surface area contributed by atoms with Crippen LogP contribution < -0.4 is 14.8 Å². The number of aromatic nitrogens is 1. The van der Waals surface area contributed by atoms with Crippen molar-refractivity contribution < 1.29 is 37.7 Å². The van der Waals surface area contributed by atoms with Crippen molar-refractivity contribution in [3.05, 3.63) is 59.4 Å². The number of halogens is 3. The molecule has 1 unspecified atom stereocenters. The topological polar surface area (TPSA) is 110 Å². The summed E-state index contributed by atoms with van der Waals surface area (Å²) in [5, 5.41) is 13.9. The Bertz CT molecular complexity index is 1220. The van der Waals surface area contributed by atoms with Gasteiger partial charge >= 0.3 is 12.3 Å². The van der Waals surface area contributed by atoms with E-state index in [0.29, 0.717) is 16.7 Å². The van der Waals surface area contributed by atoms with E-state index in [1.807, 2.05) is 0 Å². The van der Waals surface area contributed by atoms with Crippen LogP contribution in [0.25, 0.3) is 5.57 Å². The van der Waals surface area contributed by atoms with Crippen LogP contribution in [0.3, 0.4) is 0 Å². The van der Waals surface area contributed by atoms with Crippen molar-refractivity contribution in [3.8, 4) is 11.5 Å². The van der Waals surface area contributed by atoms with Gasteiger partial charge in [-0.2, -0.15) is 0 Å². The second-order valence-corrected chi connectivity index (χ2v) is 8.94. The summed E-state index contributed by atoms with van der Waals surface area (Å²) in [4.78, 5) is 31.1. The number of pyridine rings is 1. The molecule has 192 valence electrons. The van der Waals surface area contributed by atoms with Gasteiger partial charge in [-0.05, 0) is 61.7 Å². The monoisotopic (exact) mass is 523 g/mol. The highest BCUT2D eigenvalue weighted by Gasteiger charge is 2.60. The molecule has 1 saturated heterocycles. The van der Waals surface area contributed by atoms with E-state index in [1.54, 1.807) is 19.9 Å². The third-order valence-electron chi connectivity index (χ3n) is 6.04. The SMILES string of the molecule is C=C(c1ccnc(Cl)c1)[C@H]1C(=O)N(C(=O)N[C@H](C)c2ccc3c(c2)OC(F)(F)O3)[C@@H]1C(C)(O)OCC. The summed E-state index contributed by atoms with van der Waals surface area (Å²) in [5.74, 6) is -3.78. The molecule has 0 bridgehead atoms. The Labute approximate surface area is 210 Å². The number of hydrogen-bond acceptors (Lipinski definition) is 7. The Morgan fingerprint density at radius 2 is 2.06 bits per heavy atom. The molecule has 2 aliphatic rings. The lowest BCUT2D eigenvalue weighted by Crippen LogP contribution is -2.73. The summed E-state index contributed by atoms with van der Waals surface area (Å²) < 4.78 is 41.0. The van der Waals surface area contributed by atoms with Gasteiger partial charge in [-0.3, -0.25) is 9.69 Å². The maximum absolute atomic E-state index is 13.3. The van der Waals surface area contributed by atoms with Crippen LogP contribution in [0.2, 0.25) is 5.15 Å². The number of aliphatic hydroxyl groups is 1. The Hall–Kier alpha value is -3.28. The Morgan fingerprint density at radius 1 is 1.36 bits per heavy atom. The third kappa shape index (κ3) is 4.73. The normalized spacial score (nSPS) is 22.4. The quantitative estimate of drug-likeness (QED) is 0.319. The number of nitrogens with zero attached hydrogens (tertiary/aromatic N) is 2. The van der Waals surface area contributed by atoms with Gasteiger partial charge < -0.3 is 24.6 Å². The minimum absolute atomic E-state index is 0.117. The van der Waals surface area contributed by atoms with Crippen LogP contribution in [0.1, 0.15) is 37.9 Å². The van der Waals surface area contributed by atoms with Gasteiger partial charge in [0.1, 0.15) is 11.2 Å². The van der Waals surface area contributed by atoms with Gasteiger partial charge in [-0.15, -0.1) is 8.78 Å². The fourth-order valence-corrected chi connectivity index (χ4v) is 4.51. The van der Waals surface area contributed by atoms with Crippen LogP contribution in [0.15, 0.2) is 43.1 Å². The number of carbonyl (C=O) groups is 2. The van der Waals surface area contributed by atoms with Gasteiger partial charge in [-0.1, -0.05) is 24.2 Å². The van der Waals surface area contributed by atoms with E-state index >= 15 is 0 Å². The number of β-lactam (4-membered cyclic amide) rings is 1. The molecule has 0 saturated carbocycles. The minimum atomic E-state index is -3.77. The van der Waals surface area contributed by atoms with E-state index in [2.05, 4.69) is 26.4 Å². The number of benzene rings is 1. The van der Waals surface area contributed by atoms with Gasteiger partial charge in [0.2, 0.25) is 5.91 Å². The second kappa shape index (κ2) is 9.30. The number of carbonyl (C=O) groups excluding carboxylic acids is 2. The Morgan fingerprint density at radius 3 is 2.72 bits per heavy atom. The van der Waals surface area contributed by atoms with Gasteiger partial charge in [0.25, 0.3) is 0 Å². The average Bonchev–Trinajstić information content (AvgIpc) is 3.10. The summed E-state index contributed by atoms with van der Waals surface area (Å²) in [6, 6.07) is 4.60. The van der Waals surface area contributed by atoms with Gasteiger partial charge in [0.15, 0.2) is 17.3 Å². The molecule has 1 fully saturated rings. The highest BCUT2D eigenvalue weighted by Crippen LogP contribution is 2.44. The maximum atomic E-state index is 13.3. The zero-order valence-corrected chi connectivity index (χ0v) is 20.4. The summed E-state index contributed by atoms with van der Waals surface area (Å²) in [6.07, 6.45) is -2.32. The molecule has 1 aromatic heterocycles. The number of ether oxygens (including phenoxy) is 3. The lowest BCUT2D eigenvalue weighted by atomic mass is 9.75. The van der Waals surface area contributed by atoms with Crippen LogP contribution in [-0.4, -0.2) is 51.7 Å². The number of amides is 3. The molecule has 1 aromatic carbocycles. The summed E-state index contributed by atoms with van der Waals surface area (Å²) in [7, 11) is 0. The van der Waals surface area contributed by atoms with Gasteiger partial charge in [0.05, 0.1) is 12.0 Å². The lowest BCUT2D eigenvalue weighted by Gasteiger charge is -2.51. The maximum Gasteiger partial charge on any atom is 0.586 e. The van der Waals surface area contributed by atoms with Crippen molar-refractivity contribution in [2.24, 2.45) is 5.92 Å². The molecule has 4 atom stereocenters. The lowest BCUT2D eigenvalue weighted by molar-refractivity contribution is -0.286. The van der Waals surface area contributed by atoms with Gasteiger partial charge in [-0.25, -0.2) is 9.78 Å². The molecule has 3 heterocycles. The first-order valence-electron chi connectivity index (χ1n) is 11.0. The Kier molecular flexibility index (Phi) is 6.67. The number of hydrogen-bond donors (Lipinski definition) is 2. The number of fused-ring (bicyclic) bond motifs is 1. The molecular formula is C24H24ClF2N3O6. The predicted octanol–water partition coefficient (Wildman–Crippen LogP) is 4.11. The first kappa shape index (κ1) is 25.8. The molecule has 0 radical (unpaired) electrons. The third-order valence-corrected chi connectivity index (χ3v) is 6.25. The van der Waals surface area contributed by atoms with Crippen LogP contribution >= 0.6 is 11.6 Å². The molecule has 36 heavy (non-hydrogen) atoms. The molecule has 0 aliphatic carbocycles. The van der Waals surface area contributed by atoms with E-state index in [1.165, 1.54) is 37.4 Å². The van der Waals surface area contributed by atoms with E-state index in [0.717, 1.165) is 4.90 Å². The first-order chi connectivity index (χ1) is 16.8. The molecule has 4 rings (SSSR count). The highest BCUT2D eigenvalue weighted by molar-refractivity contribution is 6.29. The van der Waals surface area contributed by atoms with Crippen LogP contribution in [0, 0.1) is 5.92 Å². The smallest absolute Gasteiger partial charge is 0.395 e. The molecule has 12 heteroatoms. The summed E-state index contributed by atoms with van der Waals surface area (Å²) in [5.41, 5.74) is 1.29. The van der Waals surface area contributed by atoms with Crippen LogP contribution in [0.5, 0.6) is 11.5 Å².